The largest absolute Gasteiger partial charge is 0.312 e. The average Bonchev–Trinajstić information content (AvgIpc) is 2.84. The Kier molecular flexibility index (Phi) is 7.49. The first-order valence-electron chi connectivity index (χ1n) is 12.0. The number of rotatable bonds is 4. The van der Waals surface area contributed by atoms with E-state index in [0.717, 1.165) is 45.2 Å². The van der Waals surface area contributed by atoms with Gasteiger partial charge in [-0.15, -0.1) is 0 Å². The van der Waals surface area contributed by atoms with E-state index < -0.39 is 0 Å². The summed E-state index contributed by atoms with van der Waals surface area (Å²) in [5, 5.41) is 11.4. The summed E-state index contributed by atoms with van der Waals surface area (Å²) in [6.07, 6.45) is 29.3. The number of hydrogen-bond acceptors (Lipinski definition) is 3. The molecule has 0 saturated carbocycles. The zero-order valence-electron chi connectivity index (χ0n) is 18.4. The third-order valence-corrected chi connectivity index (χ3v) is 8.32. The highest BCUT2D eigenvalue weighted by Gasteiger charge is 2.35. The Hall–Kier alpha value is -0.980. The van der Waals surface area contributed by atoms with Gasteiger partial charge in [-0.25, -0.2) is 0 Å². The lowest BCUT2D eigenvalue weighted by Crippen LogP contribution is -2.61. The van der Waals surface area contributed by atoms with Crippen molar-refractivity contribution in [2.75, 3.05) is 13.1 Å². The Morgan fingerprint density at radius 2 is 1.91 bits per heavy atom. The number of hydrogen-bond donors (Lipinski definition) is 3. The summed E-state index contributed by atoms with van der Waals surface area (Å²) in [6.45, 7) is 2.05. The summed E-state index contributed by atoms with van der Waals surface area (Å²) < 4.78 is 1.19. The molecule has 0 spiro atoms. The highest BCUT2D eigenvalue weighted by Crippen LogP contribution is 2.34. The lowest BCUT2D eigenvalue weighted by atomic mass is 9.80. The van der Waals surface area contributed by atoms with Crippen LogP contribution in [0, 0.1) is 11.8 Å². The van der Waals surface area contributed by atoms with Gasteiger partial charge < -0.3 is 5.32 Å². The van der Waals surface area contributed by atoms with Crippen molar-refractivity contribution < 1.29 is 0 Å². The molecule has 3 nitrogen and oxygen atoms in total. The minimum atomic E-state index is 0.207. The van der Waals surface area contributed by atoms with Gasteiger partial charge in [-0.3, -0.25) is 10.6 Å². The van der Waals surface area contributed by atoms with E-state index in [1.165, 1.54) is 21.2 Å². The van der Waals surface area contributed by atoms with Gasteiger partial charge in [-0.2, -0.15) is 0 Å². The van der Waals surface area contributed by atoms with Crippen LogP contribution in [0.5, 0.6) is 0 Å². The van der Waals surface area contributed by atoms with Gasteiger partial charge in [0.05, 0.1) is 6.17 Å². The summed E-state index contributed by atoms with van der Waals surface area (Å²) in [5.74, 6) is 1.05. The number of nitrogens with one attached hydrogen (secondary N) is 3. The van der Waals surface area contributed by atoms with E-state index in [1.54, 1.807) is 0 Å². The Labute approximate surface area is 209 Å². The summed E-state index contributed by atoms with van der Waals surface area (Å²) in [5.41, 5.74) is 4.35. The molecule has 2 aliphatic heterocycles. The second kappa shape index (κ2) is 10.5. The Bertz CT molecular complexity index is 923. The lowest BCUT2D eigenvalue weighted by molar-refractivity contribution is 0.244. The second-order valence-corrected chi connectivity index (χ2v) is 11.6. The molecule has 5 rings (SSSR count). The first-order valence-corrected chi connectivity index (χ1v) is 13.7. The molecule has 5 aliphatic rings. The van der Waals surface area contributed by atoms with Crippen molar-refractivity contribution in [3.05, 3.63) is 82.0 Å². The maximum Gasteiger partial charge on any atom is 0.0839 e. The molecular formula is C27H33Br2N3. The van der Waals surface area contributed by atoms with Gasteiger partial charge >= 0.3 is 0 Å². The van der Waals surface area contributed by atoms with Crippen LogP contribution in [-0.2, 0) is 0 Å². The van der Waals surface area contributed by atoms with Gasteiger partial charge in [0, 0.05) is 40.4 Å². The molecule has 6 unspecified atom stereocenters. The van der Waals surface area contributed by atoms with Crippen LogP contribution in [-0.4, -0.2) is 36.2 Å². The maximum absolute atomic E-state index is 3.98. The van der Waals surface area contributed by atoms with Crippen molar-refractivity contribution in [1.29, 1.82) is 0 Å². The first-order chi connectivity index (χ1) is 15.7. The lowest BCUT2D eigenvalue weighted by Gasteiger charge is -2.43. The normalized spacial score (nSPS) is 37.4. The van der Waals surface area contributed by atoms with Gasteiger partial charge in [-0.05, 0) is 55.2 Å². The van der Waals surface area contributed by atoms with Crippen LogP contribution in [0.3, 0.4) is 0 Å². The molecule has 0 aromatic heterocycles. The topological polar surface area (TPSA) is 36.1 Å². The number of allylic oxidation sites excluding steroid dienone is 7. The van der Waals surface area contributed by atoms with Crippen LogP contribution in [0.4, 0.5) is 0 Å². The molecule has 32 heavy (non-hydrogen) atoms. The van der Waals surface area contributed by atoms with Crippen LogP contribution in [0.1, 0.15) is 32.1 Å². The van der Waals surface area contributed by atoms with Crippen LogP contribution in [0.25, 0.3) is 0 Å². The van der Waals surface area contributed by atoms with E-state index in [4.69, 9.17) is 0 Å². The van der Waals surface area contributed by atoms with E-state index >= 15 is 0 Å². The second-order valence-electron chi connectivity index (χ2n) is 9.49. The summed E-state index contributed by atoms with van der Waals surface area (Å²) in [6, 6.07) is 0.837. The van der Waals surface area contributed by atoms with Crippen LogP contribution >= 0.6 is 31.9 Å². The summed E-state index contributed by atoms with van der Waals surface area (Å²) in [7, 11) is 0. The molecule has 1 fully saturated rings. The molecular weight excluding hydrogens is 526 g/mol. The quantitative estimate of drug-likeness (QED) is 0.312. The van der Waals surface area contributed by atoms with Gasteiger partial charge in [0.25, 0.3) is 0 Å². The summed E-state index contributed by atoms with van der Waals surface area (Å²) >= 11 is 7.54. The third kappa shape index (κ3) is 5.39. The van der Waals surface area contributed by atoms with E-state index in [-0.39, 0.29) is 6.17 Å². The first kappa shape index (κ1) is 22.8. The van der Waals surface area contributed by atoms with Gasteiger partial charge in [-0.1, -0.05) is 92.1 Å². The van der Waals surface area contributed by atoms with Gasteiger partial charge in [0.2, 0.25) is 0 Å². The molecule has 0 radical (unpaired) electrons. The molecule has 170 valence electrons. The predicted octanol–water partition coefficient (Wildman–Crippen LogP) is 5.56. The zero-order valence-corrected chi connectivity index (χ0v) is 21.6. The fourth-order valence-electron chi connectivity index (χ4n) is 5.51. The SMILES string of the molecule is BrC1=CC(Br)CC(C2CC(C3C=CC(C4C=CCNC4)=CC3)NC(C3=CCCC=C3)N2)=C1. The maximum atomic E-state index is 3.98. The smallest absolute Gasteiger partial charge is 0.0839 e. The average molecular weight is 559 g/mol. The molecule has 0 bridgehead atoms. The van der Waals surface area contributed by atoms with Crippen molar-refractivity contribution in [2.24, 2.45) is 11.8 Å². The minimum absolute atomic E-state index is 0.207. The molecule has 0 aromatic carbocycles. The van der Waals surface area contributed by atoms with Crippen molar-refractivity contribution in [3.8, 4) is 0 Å². The van der Waals surface area contributed by atoms with Crippen LogP contribution in [0.2, 0.25) is 0 Å². The van der Waals surface area contributed by atoms with Crippen molar-refractivity contribution in [2.45, 2.75) is 55.2 Å². The summed E-state index contributed by atoms with van der Waals surface area (Å²) in [4.78, 5) is 0.400. The standard InChI is InChI=1S/C27H33Br2N3/c28-23-13-22(14-24(29)15-23)26-16-25(31-27(32-26)20-5-2-1-3-6-20)19-10-8-18(9-11-19)21-7-4-12-30-17-21/h2,4-10,13,15,19,21,24-27,30-32H,1,3,11-12,14,16-17H2. The van der Waals surface area contributed by atoms with Crippen LogP contribution < -0.4 is 16.0 Å². The van der Waals surface area contributed by atoms with Crippen molar-refractivity contribution in [3.63, 3.8) is 0 Å². The van der Waals surface area contributed by atoms with Crippen LogP contribution in [0.15, 0.2) is 82.0 Å². The number of alkyl halides is 1. The van der Waals surface area contributed by atoms with E-state index in [2.05, 4.69) is 109 Å². The Morgan fingerprint density at radius 3 is 2.62 bits per heavy atom. The molecule has 3 N–H and O–H groups in total. The van der Waals surface area contributed by atoms with Gasteiger partial charge in [0.1, 0.15) is 0 Å². The third-order valence-electron chi connectivity index (χ3n) is 7.24. The zero-order chi connectivity index (χ0) is 21.9. The Morgan fingerprint density at radius 1 is 0.969 bits per heavy atom. The molecule has 6 atom stereocenters. The fourth-order valence-corrected chi connectivity index (χ4v) is 7.14. The highest BCUT2D eigenvalue weighted by molar-refractivity contribution is 9.12. The molecule has 0 amide bonds. The highest BCUT2D eigenvalue weighted by atomic mass is 79.9. The minimum Gasteiger partial charge on any atom is -0.312 e. The Balaban J connectivity index is 1.34. The molecule has 3 aliphatic carbocycles. The molecule has 1 saturated heterocycles. The number of halogens is 2. The van der Waals surface area contributed by atoms with E-state index in [0.29, 0.717) is 28.7 Å². The van der Waals surface area contributed by atoms with Crippen molar-refractivity contribution in [1.82, 2.24) is 16.0 Å². The van der Waals surface area contributed by atoms with Crippen molar-refractivity contribution >= 4 is 31.9 Å². The van der Waals surface area contributed by atoms with E-state index in [1.807, 2.05) is 0 Å². The molecule has 0 aromatic rings. The van der Waals surface area contributed by atoms with E-state index in [9.17, 15) is 0 Å². The predicted molar refractivity (Wildman–Crippen MR) is 142 cm³/mol. The fraction of sp³-hybridized carbons (Fsp3) is 0.481. The van der Waals surface area contributed by atoms with Gasteiger partial charge in [0.15, 0.2) is 0 Å². The molecule has 5 heteroatoms. The molecule has 2 heterocycles. The monoisotopic (exact) mass is 557 g/mol.